The molecular formula is C41H36F4N6O5S. The molecule has 1 unspecified atom stereocenters. The molecule has 16 heteroatoms. The molecule has 7 rings (SSSR count). The third kappa shape index (κ3) is 9.13. The summed E-state index contributed by atoms with van der Waals surface area (Å²) in [7, 11) is 0. The van der Waals surface area contributed by atoms with Crippen LogP contribution in [0.15, 0.2) is 94.7 Å². The molecule has 0 bridgehead atoms. The van der Waals surface area contributed by atoms with Crippen LogP contribution in [0.3, 0.4) is 0 Å². The Bertz CT molecular complexity index is 2430. The number of Topliss-reactive ketones (excluding diaryl/α,β-unsaturated/α-hetero) is 1. The van der Waals surface area contributed by atoms with Crippen molar-refractivity contribution in [2.45, 2.75) is 37.9 Å². The zero-order valence-electron chi connectivity index (χ0n) is 30.4. The average molecular weight is 801 g/mol. The van der Waals surface area contributed by atoms with Crippen LogP contribution in [0, 0.1) is 15.9 Å². The van der Waals surface area contributed by atoms with Gasteiger partial charge in [-0.1, -0.05) is 54.6 Å². The van der Waals surface area contributed by atoms with Gasteiger partial charge in [0.25, 0.3) is 17.2 Å². The summed E-state index contributed by atoms with van der Waals surface area (Å²) in [5.74, 6) is -0.969. The predicted octanol–water partition coefficient (Wildman–Crippen LogP) is 6.64. The first-order valence-electron chi connectivity index (χ1n) is 18.3. The Hall–Kier alpha value is -5.74. The number of amides is 1. The smallest absolute Gasteiger partial charge is 0.336 e. The minimum absolute atomic E-state index is 0.00687. The number of nitro benzene ring substituents is 1. The third-order valence-corrected chi connectivity index (χ3v) is 11.3. The number of benzene rings is 4. The molecule has 294 valence electrons. The van der Waals surface area contributed by atoms with Crippen LogP contribution in [0.1, 0.15) is 50.3 Å². The highest BCUT2D eigenvalue weighted by molar-refractivity contribution is 8.14. The van der Waals surface area contributed by atoms with Crippen LogP contribution in [-0.4, -0.2) is 86.2 Å². The number of aromatic amines is 1. The maximum Gasteiger partial charge on any atom is 0.423 e. The molecule has 1 fully saturated rings. The minimum atomic E-state index is -4.93. The van der Waals surface area contributed by atoms with E-state index in [1.807, 2.05) is 36.4 Å². The van der Waals surface area contributed by atoms with Gasteiger partial charge in [0.2, 0.25) is 0 Å². The Labute approximate surface area is 327 Å². The second-order valence-corrected chi connectivity index (χ2v) is 15.0. The second-order valence-electron chi connectivity index (χ2n) is 14.0. The van der Waals surface area contributed by atoms with E-state index in [-0.39, 0.29) is 34.8 Å². The number of alkyl halides is 3. The van der Waals surface area contributed by atoms with Gasteiger partial charge < -0.3 is 4.90 Å². The topological polar surface area (TPSA) is 142 Å². The summed E-state index contributed by atoms with van der Waals surface area (Å²) >= 11 is 1.39. The van der Waals surface area contributed by atoms with Gasteiger partial charge in [0, 0.05) is 61.8 Å². The van der Waals surface area contributed by atoms with Crippen molar-refractivity contribution in [3.8, 4) is 0 Å². The Balaban J connectivity index is 0.875. The number of aliphatic imine (C=N–C) groups is 1. The van der Waals surface area contributed by atoms with E-state index >= 15 is 0 Å². The SMILES string of the molecule is O=C(Cc1ccc([N+](=O)[O-])c(C(F)(F)F)c1)C1CSC(c2ccc(CCCN3CCN(C(=O)c4cc(Cc5n[nH]c(=O)c6ccccc56)ccc4F)CC3)cc2)=N1. The summed E-state index contributed by atoms with van der Waals surface area (Å²) in [5.41, 5.74) is 0.587. The standard InChI is InChI=1S/C41H36F4N6O5S/c42-33-13-9-26(22-34-29-5-1-2-6-30(29)38(53)48-47-34)20-31(33)40(54)50-18-16-49(17-19-50)15-3-4-25-7-11-28(12-8-25)39-46-35(24-57-39)37(52)23-27-10-14-36(51(55)56)32(21-27)41(43,44)45/h1-2,5-14,20-21,35H,3-4,15-19,22-24H2,(H,48,53). The van der Waals surface area contributed by atoms with Gasteiger partial charge in [-0.15, -0.1) is 11.8 Å². The number of nitro groups is 1. The summed E-state index contributed by atoms with van der Waals surface area (Å²) in [4.78, 5) is 57.0. The van der Waals surface area contributed by atoms with Crippen molar-refractivity contribution in [1.82, 2.24) is 20.0 Å². The monoisotopic (exact) mass is 800 g/mol. The highest BCUT2D eigenvalue weighted by Gasteiger charge is 2.39. The lowest BCUT2D eigenvalue weighted by molar-refractivity contribution is -0.388. The van der Waals surface area contributed by atoms with Crippen LogP contribution in [-0.2, 0) is 30.2 Å². The fourth-order valence-electron chi connectivity index (χ4n) is 7.11. The molecule has 57 heavy (non-hydrogen) atoms. The van der Waals surface area contributed by atoms with Gasteiger partial charge in [0.05, 0.1) is 26.6 Å². The number of rotatable bonds is 12. The molecule has 11 nitrogen and oxygen atoms in total. The number of nitrogens with zero attached hydrogens (tertiary/aromatic N) is 5. The number of carbonyl (C=O) groups is 2. The van der Waals surface area contributed by atoms with Crippen LogP contribution >= 0.6 is 11.8 Å². The van der Waals surface area contributed by atoms with Gasteiger partial charge in [-0.3, -0.25) is 34.4 Å². The maximum absolute atomic E-state index is 14.9. The molecule has 1 saturated heterocycles. The molecule has 1 amide bonds. The Morgan fingerprint density at radius 1 is 0.912 bits per heavy atom. The largest absolute Gasteiger partial charge is 0.423 e. The summed E-state index contributed by atoms with van der Waals surface area (Å²) in [6.07, 6.45) is -3.24. The van der Waals surface area contributed by atoms with Gasteiger partial charge in [-0.25, -0.2) is 9.49 Å². The van der Waals surface area contributed by atoms with E-state index in [4.69, 9.17) is 0 Å². The lowest BCUT2D eigenvalue weighted by Gasteiger charge is -2.35. The number of hydrogen-bond acceptors (Lipinski definition) is 9. The van der Waals surface area contributed by atoms with Crippen LogP contribution in [0.5, 0.6) is 0 Å². The molecule has 0 spiro atoms. The number of carbonyl (C=O) groups excluding carboxylic acids is 2. The van der Waals surface area contributed by atoms with Crippen LogP contribution in [0.25, 0.3) is 10.8 Å². The van der Waals surface area contributed by atoms with E-state index in [0.717, 1.165) is 36.6 Å². The van der Waals surface area contributed by atoms with Crippen molar-refractivity contribution in [2.75, 3.05) is 38.5 Å². The lowest BCUT2D eigenvalue weighted by Crippen LogP contribution is -2.49. The Kier molecular flexibility index (Phi) is 11.6. The number of aryl methyl sites for hydroxylation is 1. The summed E-state index contributed by atoms with van der Waals surface area (Å²) in [6.45, 7) is 3.07. The molecule has 4 aromatic carbocycles. The molecule has 5 aromatic rings. The number of hydrogen-bond donors (Lipinski definition) is 1. The quantitative estimate of drug-likeness (QED) is 0.0841. The average Bonchev–Trinajstić information content (AvgIpc) is 3.71. The Morgan fingerprint density at radius 3 is 2.33 bits per heavy atom. The summed E-state index contributed by atoms with van der Waals surface area (Å²) in [5, 5.41) is 19.7. The lowest BCUT2D eigenvalue weighted by atomic mass is 10.0. The number of piperazine rings is 1. The zero-order chi connectivity index (χ0) is 40.3. The zero-order valence-corrected chi connectivity index (χ0v) is 31.2. The van der Waals surface area contributed by atoms with E-state index in [2.05, 4.69) is 20.1 Å². The highest BCUT2D eigenvalue weighted by Crippen LogP contribution is 2.37. The summed E-state index contributed by atoms with van der Waals surface area (Å²) in [6, 6.07) is 21.3. The number of ketones is 1. The minimum Gasteiger partial charge on any atom is -0.336 e. The van der Waals surface area contributed by atoms with E-state index in [1.165, 1.54) is 23.9 Å². The predicted molar refractivity (Wildman–Crippen MR) is 208 cm³/mol. The molecule has 3 heterocycles. The first-order chi connectivity index (χ1) is 27.3. The van der Waals surface area contributed by atoms with Crippen LogP contribution in [0.4, 0.5) is 23.2 Å². The van der Waals surface area contributed by atoms with Crippen molar-refractivity contribution in [3.05, 3.63) is 150 Å². The molecule has 1 N–H and O–H groups in total. The Morgan fingerprint density at radius 2 is 1.61 bits per heavy atom. The first kappa shape index (κ1) is 39.5. The molecule has 1 atom stereocenters. The van der Waals surface area contributed by atoms with E-state index in [0.29, 0.717) is 71.5 Å². The molecule has 0 radical (unpaired) electrons. The fourth-order valence-corrected chi connectivity index (χ4v) is 8.19. The molecule has 2 aliphatic heterocycles. The van der Waals surface area contributed by atoms with Gasteiger partial charge in [0.15, 0.2) is 5.78 Å². The molecule has 1 aromatic heterocycles. The highest BCUT2D eigenvalue weighted by atomic mass is 32.2. The molecular weight excluding hydrogens is 765 g/mol. The van der Waals surface area contributed by atoms with E-state index in [9.17, 15) is 42.1 Å². The summed E-state index contributed by atoms with van der Waals surface area (Å²) < 4.78 is 55.1. The van der Waals surface area contributed by atoms with Gasteiger partial charge in [-0.05, 0) is 60.3 Å². The van der Waals surface area contributed by atoms with Crippen LogP contribution in [0.2, 0.25) is 0 Å². The van der Waals surface area contributed by atoms with E-state index in [1.54, 1.807) is 29.2 Å². The van der Waals surface area contributed by atoms with E-state index < -0.39 is 34.2 Å². The number of fused-ring (bicyclic) bond motifs is 1. The molecule has 0 saturated carbocycles. The van der Waals surface area contributed by atoms with Gasteiger partial charge in [-0.2, -0.15) is 18.3 Å². The van der Waals surface area contributed by atoms with Crippen molar-refractivity contribution in [2.24, 2.45) is 4.99 Å². The fraction of sp³-hybridized carbons (Fsp3) is 0.293. The number of H-pyrrole nitrogens is 1. The third-order valence-electron chi connectivity index (χ3n) is 10.2. The van der Waals surface area contributed by atoms with Crippen molar-refractivity contribution in [1.29, 1.82) is 0 Å². The normalized spacial score (nSPS) is 16.2. The van der Waals surface area contributed by atoms with Crippen LogP contribution < -0.4 is 5.56 Å². The number of halogens is 4. The first-order valence-corrected chi connectivity index (χ1v) is 19.3. The van der Waals surface area contributed by atoms with Gasteiger partial charge >= 0.3 is 6.18 Å². The molecule has 0 aliphatic carbocycles. The maximum atomic E-state index is 14.9. The van der Waals surface area contributed by atoms with Crippen molar-refractivity contribution >= 4 is 45.0 Å². The van der Waals surface area contributed by atoms with Crippen molar-refractivity contribution < 1.29 is 32.1 Å². The number of aromatic nitrogens is 2. The van der Waals surface area contributed by atoms with Crippen molar-refractivity contribution in [3.63, 3.8) is 0 Å². The molecule has 2 aliphatic rings. The number of thioether (sulfide) groups is 1. The number of nitrogens with one attached hydrogen (secondary N) is 1. The van der Waals surface area contributed by atoms with Gasteiger partial charge in [0.1, 0.15) is 17.4 Å². The second kappa shape index (κ2) is 16.8.